The first-order valence-corrected chi connectivity index (χ1v) is 12.3. The molecule has 1 aliphatic heterocycles. The summed E-state index contributed by atoms with van der Waals surface area (Å²) in [6.45, 7) is 4.78. The van der Waals surface area contributed by atoms with Crippen LogP contribution < -0.4 is 9.46 Å². The number of nitrogens with zero attached hydrogens (tertiary/aromatic N) is 1. The molecule has 7 nitrogen and oxygen atoms in total. The average molecular weight is 456 g/mol. The summed E-state index contributed by atoms with van der Waals surface area (Å²) in [6, 6.07) is 12.1. The molecule has 1 fully saturated rings. The van der Waals surface area contributed by atoms with Gasteiger partial charge >= 0.3 is 0 Å². The molecule has 0 saturated carbocycles. The Labute approximate surface area is 188 Å². The van der Waals surface area contributed by atoms with Gasteiger partial charge in [0.05, 0.1) is 12.0 Å². The Bertz CT molecular complexity index is 1230. The lowest BCUT2D eigenvalue weighted by atomic mass is 9.89. The van der Waals surface area contributed by atoms with Crippen LogP contribution in [0.15, 0.2) is 53.6 Å². The highest BCUT2D eigenvalue weighted by Gasteiger charge is 2.27. The van der Waals surface area contributed by atoms with Crippen molar-refractivity contribution < 1.29 is 17.9 Å². The van der Waals surface area contributed by atoms with Gasteiger partial charge in [-0.1, -0.05) is 6.07 Å². The van der Waals surface area contributed by atoms with E-state index in [0.29, 0.717) is 24.6 Å². The van der Waals surface area contributed by atoms with Crippen LogP contribution in [0.4, 0.5) is 0 Å². The fraction of sp³-hybridized carbons (Fsp3) is 0.375. The number of ether oxygens (including phenoxy) is 1. The molecule has 1 saturated heterocycles. The van der Waals surface area contributed by atoms with Gasteiger partial charge in [-0.15, -0.1) is 0 Å². The van der Waals surface area contributed by atoms with E-state index in [2.05, 4.69) is 22.0 Å². The van der Waals surface area contributed by atoms with E-state index in [9.17, 15) is 13.2 Å². The third kappa shape index (κ3) is 4.52. The van der Waals surface area contributed by atoms with Gasteiger partial charge < -0.3 is 14.6 Å². The summed E-state index contributed by atoms with van der Waals surface area (Å²) in [6.07, 6.45) is 3.76. The smallest absolute Gasteiger partial charge is 0.253 e. The van der Waals surface area contributed by atoms with Crippen molar-refractivity contribution in [3.05, 3.63) is 59.8 Å². The number of aromatic nitrogens is 1. The van der Waals surface area contributed by atoms with Crippen molar-refractivity contribution in [1.29, 1.82) is 0 Å². The number of rotatable bonds is 6. The molecule has 0 radical (unpaired) electrons. The number of amides is 1. The van der Waals surface area contributed by atoms with Gasteiger partial charge in [0.15, 0.2) is 0 Å². The van der Waals surface area contributed by atoms with E-state index in [4.69, 9.17) is 4.74 Å². The fourth-order valence-corrected chi connectivity index (χ4v) is 5.63. The largest absolute Gasteiger partial charge is 0.497 e. The highest BCUT2D eigenvalue weighted by atomic mass is 32.2. The summed E-state index contributed by atoms with van der Waals surface area (Å²) in [5.74, 6) is 1.04. The molecule has 3 aromatic rings. The number of hydrogen-bond donors (Lipinski definition) is 2. The predicted molar refractivity (Wildman–Crippen MR) is 125 cm³/mol. The lowest BCUT2D eigenvalue weighted by Gasteiger charge is -2.32. The molecule has 2 heterocycles. The molecule has 170 valence electrons. The van der Waals surface area contributed by atoms with Gasteiger partial charge in [-0.25, -0.2) is 13.1 Å². The van der Waals surface area contributed by atoms with E-state index in [1.807, 2.05) is 17.0 Å². The van der Waals surface area contributed by atoms with Crippen LogP contribution in [0.25, 0.3) is 10.9 Å². The summed E-state index contributed by atoms with van der Waals surface area (Å²) in [7, 11) is -1.98. The summed E-state index contributed by atoms with van der Waals surface area (Å²) in [5, 5.41) is 1.16. The predicted octanol–water partition coefficient (Wildman–Crippen LogP) is 3.88. The van der Waals surface area contributed by atoms with Crippen molar-refractivity contribution >= 4 is 26.8 Å². The molecule has 1 amide bonds. The molecule has 0 atom stereocenters. The molecule has 0 bridgehead atoms. The number of nitrogens with one attached hydrogen (secondary N) is 2. The number of aromatic amines is 1. The SMILES string of the molecule is COc1ccc2[nH]cc(C3CCN(C(=O)c4cccc(S(=O)(=O)NC(C)C)c4)CC3)c2c1. The summed E-state index contributed by atoms with van der Waals surface area (Å²) in [4.78, 5) is 18.3. The van der Waals surface area contributed by atoms with E-state index < -0.39 is 10.0 Å². The Hall–Kier alpha value is -2.84. The molecule has 0 spiro atoms. The maximum Gasteiger partial charge on any atom is 0.253 e. The first kappa shape index (κ1) is 22.4. The fourth-order valence-electron chi connectivity index (χ4n) is 4.34. The van der Waals surface area contributed by atoms with Crippen LogP contribution in [0.5, 0.6) is 5.75 Å². The highest BCUT2D eigenvalue weighted by molar-refractivity contribution is 7.89. The first-order chi connectivity index (χ1) is 15.3. The maximum absolute atomic E-state index is 13.1. The number of methoxy groups -OCH3 is 1. The van der Waals surface area contributed by atoms with Crippen LogP contribution in [0.2, 0.25) is 0 Å². The molecule has 2 N–H and O–H groups in total. The van der Waals surface area contributed by atoms with Crippen molar-refractivity contribution in [2.24, 2.45) is 0 Å². The zero-order valence-electron chi connectivity index (χ0n) is 18.6. The van der Waals surface area contributed by atoms with Gasteiger partial charge in [0, 0.05) is 41.8 Å². The summed E-state index contributed by atoms with van der Waals surface area (Å²) >= 11 is 0. The highest BCUT2D eigenvalue weighted by Crippen LogP contribution is 2.35. The number of carbonyl (C=O) groups excluding carboxylic acids is 1. The number of likely N-dealkylation sites (tertiary alicyclic amines) is 1. The normalized spacial score (nSPS) is 15.4. The second kappa shape index (κ2) is 8.96. The minimum atomic E-state index is -3.65. The number of H-pyrrole nitrogens is 1. The molecule has 1 aromatic heterocycles. The number of sulfonamides is 1. The molecular weight excluding hydrogens is 426 g/mol. The molecule has 0 aliphatic carbocycles. The topological polar surface area (TPSA) is 91.5 Å². The van der Waals surface area contributed by atoms with Crippen LogP contribution in [0.1, 0.15) is 48.5 Å². The Kier molecular flexibility index (Phi) is 6.26. The third-order valence-electron chi connectivity index (χ3n) is 5.93. The Balaban J connectivity index is 1.47. The van der Waals surface area contributed by atoms with E-state index in [1.165, 1.54) is 17.7 Å². The van der Waals surface area contributed by atoms with Crippen molar-refractivity contribution in [2.45, 2.75) is 43.5 Å². The number of benzene rings is 2. The molecule has 2 aromatic carbocycles. The number of hydrogen-bond acceptors (Lipinski definition) is 4. The molecule has 4 rings (SSSR count). The van der Waals surface area contributed by atoms with Gasteiger partial charge in [0.2, 0.25) is 10.0 Å². The minimum absolute atomic E-state index is 0.111. The molecule has 0 unspecified atom stereocenters. The van der Waals surface area contributed by atoms with Crippen LogP contribution in [-0.2, 0) is 10.0 Å². The van der Waals surface area contributed by atoms with Gasteiger partial charge in [-0.3, -0.25) is 4.79 Å². The third-order valence-corrected chi connectivity index (χ3v) is 7.58. The van der Waals surface area contributed by atoms with Crippen LogP contribution in [-0.4, -0.2) is 50.5 Å². The summed E-state index contributed by atoms with van der Waals surface area (Å²) in [5.41, 5.74) is 2.72. The average Bonchev–Trinajstić information content (AvgIpc) is 3.21. The zero-order valence-corrected chi connectivity index (χ0v) is 19.4. The van der Waals surface area contributed by atoms with Gasteiger partial charge in [0.25, 0.3) is 5.91 Å². The Morgan fingerprint density at radius 1 is 1.16 bits per heavy atom. The van der Waals surface area contributed by atoms with Gasteiger partial charge in [-0.2, -0.15) is 0 Å². The lowest BCUT2D eigenvalue weighted by Crippen LogP contribution is -2.38. The lowest BCUT2D eigenvalue weighted by molar-refractivity contribution is 0.0713. The second-order valence-electron chi connectivity index (χ2n) is 8.53. The molecular formula is C24H29N3O4S. The second-order valence-corrected chi connectivity index (χ2v) is 10.2. The monoisotopic (exact) mass is 455 g/mol. The first-order valence-electron chi connectivity index (χ1n) is 10.8. The van der Waals surface area contributed by atoms with Crippen LogP contribution in [0.3, 0.4) is 0 Å². The van der Waals surface area contributed by atoms with E-state index in [-0.39, 0.29) is 16.8 Å². The maximum atomic E-state index is 13.1. The van der Waals surface area contributed by atoms with Crippen LogP contribution >= 0.6 is 0 Å². The minimum Gasteiger partial charge on any atom is -0.497 e. The quantitative estimate of drug-likeness (QED) is 0.590. The summed E-state index contributed by atoms with van der Waals surface area (Å²) < 4.78 is 32.9. The zero-order chi connectivity index (χ0) is 22.9. The Morgan fingerprint density at radius 3 is 2.59 bits per heavy atom. The van der Waals surface area contributed by atoms with Crippen molar-refractivity contribution in [3.8, 4) is 5.75 Å². The van der Waals surface area contributed by atoms with E-state index in [0.717, 1.165) is 29.5 Å². The van der Waals surface area contributed by atoms with Crippen molar-refractivity contribution in [3.63, 3.8) is 0 Å². The van der Waals surface area contributed by atoms with E-state index >= 15 is 0 Å². The van der Waals surface area contributed by atoms with Gasteiger partial charge in [-0.05, 0) is 74.6 Å². The molecule has 1 aliphatic rings. The van der Waals surface area contributed by atoms with Crippen molar-refractivity contribution in [2.75, 3.05) is 20.2 Å². The van der Waals surface area contributed by atoms with Crippen molar-refractivity contribution in [1.82, 2.24) is 14.6 Å². The standard InChI is InChI=1S/C24H29N3O4S/c1-16(2)26-32(29,30)20-6-4-5-18(13-20)24(28)27-11-9-17(10-12-27)22-15-25-23-8-7-19(31-3)14-21(22)23/h4-8,13-17,25-26H,9-12H2,1-3H3. The van der Waals surface area contributed by atoms with Gasteiger partial charge in [0.1, 0.15) is 5.75 Å². The molecule has 8 heteroatoms. The Morgan fingerprint density at radius 2 is 1.91 bits per heavy atom. The number of fused-ring (bicyclic) bond motifs is 1. The number of carbonyl (C=O) groups is 1. The van der Waals surface area contributed by atoms with Crippen LogP contribution in [0, 0.1) is 0 Å². The van der Waals surface area contributed by atoms with E-state index in [1.54, 1.807) is 33.1 Å². The number of piperidine rings is 1. The molecule has 32 heavy (non-hydrogen) atoms.